The Morgan fingerprint density at radius 2 is 0.667 bits per heavy atom. The SMILES string of the molecule is COc1cc(OC)cc(-c2cc(OC)c(OC)cc2-c2cc(OC)cc(OC)c2)c1. The van der Waals surface area contributed by atoms with E-state index in [1.54, 1.807) is 42.7 Å². The molecule has 0 aliphatic rings. The van der Waals surface area contributed by atoms with Crippen LogP contribution in [0.25, 0.3) is 22.3 Å². The van der Waals surface area contributed by atoms with Gasteiger partial charge in [0.1, 0.15) is 23.0 Å². The highest BCUT2D eigenvalue weighted by atomic mass is 16.5. The van der Waals surface area contributed by atoms with E-state index in [9.17, 15) is 0 Å². The molecule has 0 aromatic heterocycles. The highest BCUT2D eigenvalue weighted by molar-refractivity contribution is 5.87. The molecule has 0 aliphatic heterocycles. The molecule has 0 atom stereocenters. The third kappa shape index (κ3) is 4.22. The van der Waals surface area contributed by atoms with Crippen molar-refractivity contribution >= 4 is 0 Å². The number of rotatable bonds is 8. The Bertz CT molecular complexity index is 901. The summed E-state index contributed by atoms with van der Waals surface area (Å²) in [7, 11) is 9.73. The summed E-state index contributed by atoms with van der Waals surface area (Å²) in [5.74, 6) is 3.99. The van der Waals surface area contributed by atoms with Crippen molar-refractivity contribution in [3.05, 3.63) is 48.5 Å². The lowest BCUT2D eigenvalue weighted by Gasteiger charge is -2.18. The topological polar surface area (TPSA) is 55.4 Å². The first kappa shape index (κ1) is 21.2. The summed E-state index contributed by atoms with van der Waals surface area (Å²) in [6, 6.07) is 15.3. The average Bonchev–Trinajstić information content (AvgIpc) is 2.82. The summed E-state index contributed by atoms with van der Waals surface area (Å²) < 4.78 is 33.0. The van der Waals surface area contributed by atoms with Crippen LogP contribution in [0.4, 0.5) is 0 Å². The smallest absolute Gasteiger partial charge is 0.161 e. The first-order valence-corrected chi connectivity index (χ1v) is 9.29. The van der Waals surface area contributed by atoms with Crippen LogP contribution < -0.4 is 28.4 Å². The fourth-order valence-electron chi connectivity index (χ4n) is 3.28. The van der Waals surface area contributed by atoms with Crippen LogP contribution in [0.2, 0.25) is 0 Å². The summed E-state index contributed by atoms with van der Waals surface area (Å²) in [5, 5.41) is 0. The van der Waals surface area contributed by atoms with Gasteiger partial charge in [-0.2, -0.15) is 0 Å². The van der Waals surface area contributed by atoms with E-state index in [4.69, 9.17) is 28.4 Å². The molecule has 0 aliphatic carbocycles. The van der Waals surface area contributed by atoms with E-state index in [0.717, 1.165) is 22.3 Å². The van der Waals surface area contributed by atoms with Gasteiger partial charge in [-0.1, -0.05) is 0 Å². The van der Waals surface area contributed by atoms with Crippen LogP contribution in [0.1, 0.15) is 0 Å². The molecule has 3 aromatic carbocycles. The van der Waals surface area contributed by atoms with Gasteiger partial charge in [-0.15, -0.1) is 0 Å². The molecule has 0 saturated carbocycles. The molecule has 0 saturated heterocycles. The maximum atomic E-state index is 5.56. The molecule has 6 heteroatoms. The Morgan fingerprint density at radius 3 is 0.900 bits per heavy atom. The number of methoxy groups -OCH3 is 6. The van der Waals surface area contributed by atoms with Gasteiger partial charge in [0.2, 0.25) is 0 Å². The molecule has 158 valence electrons. The summed E-state index contributed by atoms with van der Waals surface area (Å²) in [6.07, 6.45) is 0. The Kier molecular flexibility index (Phi) is 6.57. The largest absolute Gasteiger partial charge is 0.497 e. The average molecular weight is 410 g/mol. The molecule has 0 N–H and O–H groups in total. The Morgan fingerprint density at radius 1 is 0.367 bits per heavy atom. The van der Waals surface area contributed by atoms with Crippen molar-refractivity contribution in [2.45, 2.75) is 0 Å². The molecule has 0 unspecified atom stereocenters. The van der Waals surface area contributed by atoms with Crippen molar-refractivity contribution < 1.29 is 28.4 Å². The van der Waals surface area contributed by atoms with Gasteiger partial charge in [0.15, 0.2) is 11.5 Å². The fourth-order valence-corrected chi connectivity index (χ4v) is 3.28. The zero-order valence-corrected chi connectivity index (χ0v) is 18.1. The predicted octanol–water partition coefficient (Wildman–Crippen LogP) is 5.07. The first-order chi connectivity index (χ1) is 14.6. The lowest BCUT2D eigenvalue weighted by molar-refractivity contribution is 0.355. The Hall–Kier alpha value is -3.54. The quantitative estimate of drug-likeness (QED) is 0.517. The third-order valence-corrected chi connectivity index (χ3v) is 4.85. The molecular weight excluding hydrogens is 384 g/mol. The monoisotopic (exact) mass is 410 g/mol. The fraction of sp³-hybridized carbons (Fsp3) is 0.250. The molecule has 3 aromatic rings. The van der Waals surface area contributed by atoms with Crippen LogP contribution in [0.5, 0.6) is 34.5 Å². The van der Waals surface area contributed by atoms with E-state index in [0.29, 0.717) is 34.5 Å². The van der Waals surface area contributed by atoms with Crippen LogP contribution >= 0.6 is 0 Å². The number of ether oxygens (including phenoxy) is 6. The second-order valence-corrected chi connectivity index (χ2v) is 6.46. The normalized spacial score (nSPS) is 10.3. The summed E-state index contributed by atoms with van der Waals surface area (Å²) >= 11 is 0. The van der Waals surface area contributed by atoms with E-state index in [1.165, 1.54) is 0 Å². The van der Waals surface area contributed by atoms with E-state index < -0.39 is 0 Å². The third-order valence-electron chi connectivity index (χ3n) is 4.85. The van der Waals surface area contributed by atoms with Gasteiger partial charge in [-0.25, -0.2) is 0 Å². The van der Waals surface area contributed by atoms with Crippen molar-refractivity contribution in [2.24, 2.45) is 0 Å². The maximum absolute atomic E-state index is 5.56. The second-order valence-electron chi connectivity index (χ2n) is 6.46. The van der Waals surface area contributed by atoms with Crippen LogP contribution in [0.15, 0.2) is 48.5 Å². The minimum absolute atomic E-state index is 0.618. The molecule has 30 heavy (non-hydrogen) atoms. The van der Waals surface area contributed by atoms with Gasteiger partial charge in [0.05, 0.1) is 42.7 Å². The lowest BCUT2D eigenvalue weighted by Crippen LogP contribution is -1.96. The number of benzene rings is 3. The molecule has 6 nitrogen and oxygen atoms in total. The highest BCUT2D eigenvalue weighted by Crippen LogP contribution is 2.44. The summed E-state index contributed by atoms with van der Waals surface area (Å²) in [4.78, 5) is 0. The molecule has 0 spiro atoms. The highest BCUT2D eigenvalue weighted by Gasteiger charge is 2.17. The predicted molar refractivity (Wildman–Crippen MR) is 117 cm³/mol. The summed E-state index contributed by atoms with van der Waals surface area (Å²) in [5.41, 5.74) is 3.65. The van der Waals surface area contributed by atoms with Crippen molar-refractivity contribution in [3.63, 3.8) is 0 Å². The molecular formula is C24H26O6. The van der Waals surface area contributed by atoms with E-state index in [-0.39, 0.29) is 0 Å². The molecule has 0 amide bonds. The second kappa shape index (κ2) is 9.31. The van der Waals surface area contributed by atoms with Crippen molar-refractivity contribution in [1.82, 2.24) is 0 Å². The van der Waals surface area contributed by atoms with Crippen molar-refractivity contribution in [2.75, 3.05) is 42.7 Å². The maximum Gasteiger partial charge on any atom is 0.161 e. The van der Waals surface area contributed by atoms with Crippen LogP contribution in [-0.4, -0.2) is 42.7 Å². The van der Waals surface area contributed by atoms with Crippen molar-refractivity contribution in [1.29, 1.82) is 0 Å². The van der Waals surface area contributed by atoms with Crippen LogP contribution in [0.3, 0.4) is 0 Å². The molecule has 0 bridgehead atoms. The number of hydrogen-bond donors (Lipinski definition) is 0. The van der Waals surface area contributed by atoms with Gasteiger partial charge < -0.3 is 28.4 Å². The minimum atomic E-state index is 0.618. The lowest BCUT2D eigenvalue weighted by atomic mass is 9.93. The van der Waals surface area contributed by atoms with Gasteiger partial charge in [0.25, 0.3) is 0 Å². The van der Waals surface area contributed by atoms with Crippen molar-refractivity contribution in [3.8, 4) is 56.8 Å². The van der Waals surface area contributed by atoms with Gasteiger partial charge in [0, 0.05) is 12.1 Å². The number of hydrogen-bond acceptors (Lipinski definition) is 6. The van der Waals surface area contributed by atoms with E-state index >= 15 is 0 Å². The molecule has 0 fully saturated rings. The minimum Gasteiger partial charge on any atom is -0.497 e. The zero-order valence-electron chi connectivity index (χ0n) is 18.1. The van der Waals surface area contributed by atoms with Gasteiger partial charge in [-0.3, -0.25) is 0 Å². The Labute approximate surface area is 176 Å². The first-order valence-electron chi connectivity index (χ1n) is 9.29. The van der Waals surface area contributed by atoms with E-state index in [2.05, 4.69) is 0 Å². The molecule has 3 rings (SSSR count). The van der Waals surface area contributed by atoms with Crippen LogP contribution in [-0.2, 0) is 0 Å². The van der Waals surface area contributed by atoms with Crippen LogP contribution in [0, 0.1) is 0 Å². The summed E-state index contributed by atoms with van der Waals surface area (Å²) in [6.45, 7) is 0. The standard InChI is InChI=1S/C24H26O6/c1-25-17-7-15(8-18(11-17)26-2)21-13-23(29-5)24(30-6)14-22(21)16-9-19(27-3)12-20(10-16)28-4/h7-14H,1-6H3. The molecule has 0 heterocycles. The van der Waals surface area contributed by atoms with E-state index in [1.807, 2.05) is 48.5 Å². The van der Waals surface area contributed by atoms with Gasteiger partial charge >= 0.3 is 0 Å². The van der Waals surface area contributed by atoms with Gasteiger partial charge in [-0.05, 0) is 58.7 Å². The molecule has 0 radical (unpaired) electrons. The Balaban J connectivity index is 2.33. The zero-order chi connectivity index (χ0) is 21.7.